The summed E-state index contributed by atoms with van der Waals surface area (Å²) in [7, 11) is 4.69. The van der Waals surface area contributed by atoms with Crippen LogP contribution in [0.25, 0.3) is 0 Å². The van der Waals surface area contributed by atoms with Crippen LogP contribution in [-0.2, 0) is 27.2 Å². The molecule has 34 heavy (non-hydrogen) atoms. The molecule has 0 saturated carbocycles. The Morgan fingerprint density at radius 2 is 1.50 bits per heavy atom. The maximum atomic E-state index is 12.5. The molecule has 8 nitrogen and oxygen atoms in total. The van der Waals surface area contributed by atoms with Crippen molar-refractivity contribution in [1.82, 2.24) is 0 Å². The van der Waals surface area contributed by atoms with E-state index in [0.717, 1.165) is 11.1 Å². The van der Waals surface area contributed by atoms with Gasteiger partial charge in [0.15, 0.2) is 23.0 Å². The molecule has 1 saturated heterocycles. The van der Waals surface area contributed by atoms with E-state index in [1.807, 2.05) is 38.1 Å². The van der Waals surface area contributed by atoms with Gasteiger partial charge in [-0.3, -0.25) is 4.79 Å². The van der Waals surface area contributed by atoms with Crippen LogP contribution in [0.1, 0.15) is 25.0 Å². The molecule has 0 radical (unpaired) electrons. The van der Waals surface area contributed by atoms with E-state index in [1.165, 1.54) is 7.11 Å². The fourth-order valence-corrected chi connectivity index (χ4v) is 3.99. The standard InChI is InChI=1S/C26H33NO7/c1-15(2)24(27)26(29)34-21-9-7-17(13-23(21)32-5)11-19-18(14-33-25(19)28)10-16-6-8-20(30-3)22(12-16)31-4/h6-9,12-13,15,18-19,24H,10-11,14,27H2,1-5H3/t18-,19+,24?/m0/s1. The smallest absolute Gasteiger partial charge is 0.328 e. The van der Waals surface area contributed by atoms with Crippen LogP contribution in [-0.4, -0.2) is 45.9 Å². The zero-order valence-electron chi connectivity index (χ0n) is 20.3. The molecule has 0 aliphatic carbocycles. The van der Waals surface area contributed by atoms with Crippen molar-refractivity contribution in [1.29, 1.82) is 0 Å². The van der Waals surface area contributed by atoms with Crippen molar-refractivity contribution in [3.8, 4) is 23.0 Å². The SMILES string of the molecule is COc1ccc(C[C@H]2COC(=O)[C@@H]2Cc2ccc(OC(=O)C(N)C(C)C)c(OC)c2)cc1OC. The van der Waals surface area contributed by atoms with Crippen molar-refractivity contribution in [2.75, 3.05) is 27.9 Å². The number of hydrogen-bond donors (Lipinski definition) is 1. The van der Waals surface area contributed by atoms with E-state index in [4.69, 9.17) is 29.4 Å². The van der Waals surface area contributed by atoms with Gasteiger partial charge in [-0.2, -0.15) is 0 Å². The Kier molecular flexibility index (Phi) is 8.39. The summed E-state index contributed by atoms with van der Waals surface area (Å²) in [5.41, 5.74) is 7.80. The Morgan fingerprint density at radius 3 is 2.09 bits per heavy atom. The summed E-state index contributed by atoms with van der Waals surface area (Å²) >= 11 is 0. The Labute approximate surface area is 200 Å². The molecule has 2 aromatic rings. The molecule has 1 heterocycles. The van der Waals surface area contributed by atoms with E-state index in [0.29, 0.717) is 42.4 Å². The van der Waals surface area contributed by atoms with Gasteiger partial charge in [0.1, 0.15) is 6.04 Å². The topological polar surface area (TPSA) is 106 Å². The molecule has 0 spiro atoms. The average Bonchev–Trinajstić information content (AvgIpc) is 3.17. The minimum absolute atomic E-state index is 0.0122. The second-order valence-corrected chi connectivity index (χ2v) is 8.77. The first kappa shape index (κ1) is 25.4. The number of benzene rings is 2. The zero-order valence-corrected chi connectivity index (χ0v) is 20.3. The first-order valence-corrected chi connectivity index (χ1v) is 11.3. The first-order valence-electron chi connectivity index (χ1n) is 11.3. The average molecular weight is 472 g/mol. The summed E-state index contributed by atoms with van der Waals surface area (Å²) < 4.78 is 27.0. The Morgan fingerprint density at radius 1 is 0.941 bits per heavy atom. The number of esters is 2. The molecule has 8 heteroatoms. The third kappa shape index (κ3) is 5.80. The zero-order chi connectivity index (χ0) is 24.8. The quantitative estimate of drug-likeness (QED) is 0.416. The van der Waals surface area contributed by atoms with Gasteiger partial charge >= 0.3 is 11.9 Å². The van der Waals surface area contributed by atoms with E-state index in [-0.39, 0.29) is 23.7 Å². The van der Waals surface area contributed by atoms with Crippen LogP contribution >= 0.6 is 0 Å². The number of carbonyl (C=O) groups is 2. The Bertz CT molecular complexity index is 1020. The minimum atomic E-state index is -0.727. The fraction of sp³-hybridized carbons (Fsp3) is 0.462. The molecule has 3 rings (SSSR count). The third-order valence-electron chi connectivity index (χ3n) is 6.14. The largest absolute Gasteiger partial charge is 0.493 e. The van der Waals surface area contributed by atoms with E-state index in [2.05, 4.69) is 0 Å². The first-order chi connectivity index (χ1) is 16.3. The van der Waals surface area contributed by atoms with Gasteiger partial charge in [-0.05, 0) is 54.2 Å². The molecule has 1 aliphatic rings. The monoisotopic (exact) mass is 471 g/mol. The van der Waals surface area contributed by atoms with Crippen LogP contribution < -0.4 is 24.7 Å². The third-order valence-corrected chi connectivity index (χ3v) is 6.14. The number of carbonyl (C=O) groups excluding carboxylic acids is 2. The van der Waals surface area contributed by atoms with Gasteiger partial charge < -0.3 is 29.4 Å². The highest BCUT2D eigenvalue weighted by molar-refractivity contribution is 5.79. The lowest BCUT2D eigenvalue weighted by Crippen LogP contribution is -2.38. The molecule has 1 unspecified atom stereocenters. The highest BCUT2D eigenvalue weighted by Crippen LogP contribution is 2.35. The number of nitrogens with two attached hydrogens (primary N) is 1. The lowest BCUT2D eigenvalue weighted by atomic mass is 9.85. The maximum absolute atomic E-state index is 12.5. The minimum Gasteiger partial charge on any atom is -0.493 e. The van der Waals surface area contributed by atoms with Gasteiger partial charge in [-0.1, -0.05) is 26.0 Å². The second-order valence-electron chi connectivity index (χ2n) is 8.77. The van der Waals surface area contributed by atoms with Crippen LogP contribution in [0.3, 0.4) is 0 Å². The number of rotatable bonds is 10. The van der Waals surface area contributed by atoms with Gasteiger partial charge in [-0.25, -0.2) is 4.79 Å². The highest BCUT2D eigenvalue weighted by Gasteiger charge is 2.37. The van der Waals surface area contributed by atoms with Crippen molar-refractivity contribution >= 4 is 11.9 Å². The predicted molar refractivity (Wildman–Crippen MR) is 126 cm³/mol. The number of methoxy groups -OCH3 is 3. The Hall–Kier alpha value is -3.26. The normalized spacial score (nSPS) is 18.4. The summed E-state index contributed by atoms with van der Waals surface area (Å²) in [4.78, 5) is 24.8. The molecule has 0 bridgehead atoms. The van der Waals surface area contributed by atoms with Gasteiger partial charge in [0.05, 0.1) is 33.9 Å². The predicted octanol–water partition coefficient (Wildman–Crippen LogP) is 3.18. The second kappa shape index (κ2) is 11.2. The molecule has 0 amide bonds. The number of hydrogen-bond acceptors (Lipinski definition) is 8. The molecule has 1 fully saturated rings. The van der Waals surface area contributed by atoms with Gasteiger partial charge in [0.2, 0.25) is 0 Å². The van der Waals surface area contributed by atoms with Crippen molar-refractivity contribution in [2.45, 2.75) is 32.7 Å². The van der Waals surface area contributed by atoms with Crippen molar-refractivity contribution < 1.29 is 33.3 Å². The molecular formula is C26H33NO7. The molecular weight excluding hydrogens is 438 g/mol. The van der Waals surface area contributed by atoms with Crippen LogP contribution in [0.2, 0.25) is 0 Å². The van der Waals surface area contributed by atoms with Crippen molar-refractivity contribution in [3.63, 3.8) is 0 Å². The molecule has 0 aromatic heterocycles. The van der Waals surface area contributed by atoms with Gasteiger partial charge in [-0.15, -0.1) is 0 Å². The van der Waals surface area contributed by atoms with E-state index in [9.17, 15) is 9.59 Å². The van der Waals surface area contributed by atoms with Crippen molar-refractivity contribution in [2.24, 2.45) is 23.5 Å². The lowest BCUT2D eigenvalue weighted by molar-refractivity contribution is -0.141. The van der Waals surface area contributed by atoms with E-state index >= 15 is 0 Å². The van der Waals surface area contributed by atoms with Crippen LogP contribution in [0.15, 0.2) is 36.4 Å². The molecule has 184 valence electrons. The maximum Gasteiger partial charge on any atom is 0.328 e. The molecule has 1 aliphatic heterocycles. The molecule has 3 atom stereocenters. The van der Waals surface area contributed by atoms with Gasteiger partial charge in [0.25, 0.3) is 0 Å². The Balaban J connectivity index is 1.74. The van der Waals surface area contributed by atoms with Crippen molar-refractivity contribution in [3.05, 3.63) is 47.5 Å². The van der Waals surface area contributed by atoms with Crippen LogP contribution in [0.5, 0.6) is 23.0 Å². The summed E-state index contributed by atoms with van der Waals surface area (Å²) in [6.07, 6.45) is 1.14. The summed E-state index contributed by atoms with van der Waals surface area (Å²) in [6.45, 7) is 4.06. The summed E-state index contributed by atoms with van der Waals surface area (Å²) in [5, 5.41) is 0. The lowest BCUT2D eigenvalue weighted by Gasteiger charge is -2.18. The van der Waals surface area contributed by atoms with E-state index < -0.39 is 12.0 Å². The summed E-state index contributed by atoms with van der Waals surface area (Å²) in [6, 6.07) is 10.3. The fourth-order valence-electron chi connectivity index (χ4n) is 3.99. The number of ether oxygens (including phenoxy) is 5. The number of cyclic esters (lactones) is 1. The van der Waals surface area contributed by atoms with Crippen LogP contribution in [0, 0.1) is 17.8 Å². The van der Waals surface area contributed by atoms with E-state index in [1.54, 1.807) is 26.4 Å². The highest BCUT2D eigenvalue weighted by atomic mass is 16.6. The van der Waals surface area contributed by atoms with Crippen LogP contribution in [0.4, 0.5) is 0 Å². The summed E-state index contributed by atoms with van der Waals surface area (Å²) in [5.74, 6) is 0.927. The molecule has 2 N–H and O–H groups in total. The molecule has 2 aromatic carbocycles. The van der Waals surface area contributed by atoms with Gasteiger partial charge in [0, 0.05) is 5.92 Å².